The quantitative estimate of drug-likeness (QED) is 0.632. The van der Waals surface area contributed by atoms with Gasteiger partial charge in [0.25, 0.3) is 0 Å². The molecule has 0 amide bonds. The Morgan fingerprint density at radius 1 is 1.40 bits per heavy atom. The Labute approximate surface area is 95.8 Å². The lowest BCUT2D eigenvalue weighted by molar-refractivity contribution is 0.337. The second-order valence-corrected chi connectivity index (χ2v) is 4.28. The van der Waals surface area contributed by atoms with Crippen LogP contribution in [-0.2, 0) is 0 Å². The number of rotatable bonds is 5. The van der Waals surface area contributed by atoms with E-state index < -0.39 is 0 Å². The van der Waals surface area contributed by atoms with Gasteiger partial charge in [-0.2, -0.15) is 0 Å². The van der Waals surface area contributed by atoms with E-state index >= 15 is 0 Å². The van der Waals surface area contributed by atoms with Crippen molar-refractivity contribution < 1.29 is 5.11 Å². The number of aromatic hydroxyl groups is 1. The van der Waals surface area contributed by atoms with Crippen LogP contribution in [0.15, 0.2) is 36.9 Å². The number of phenolic OH excluding ortho intramolecular Hbond substituents is 1. The molecule has 3 atom stereocenters. The molecule has 0 spiro atoms. The van der Waals surface area contributed by atoms with E-state index in [0.29, 0.717) is 5.75 Å². The summed E-state index contributed by atoms with van der Waals surface area (Å²) in [6.07, 6.45) is 2.78. The molecule has 0 saturated carbocycles. The lowest BCUT2D eigenvalue weighted by Crippen LogP contribution is -2.23. The lowest BCUT2D eigenvalue weighted by atomic mass is 10.2. The lowest BCUT2D eigenvalue weighted by Gasteiger charge is -2.26. The molecule has 15 heavy (non-hydrogen) atoms. The normalized spacial score (nSPS) is 12.7. The first kappa shape index (κ1) is 12.6. The van der Waals surface area contributed by atoms with Gasteiger partial charge in [0, 0.05) is 18.6 Å². The fourth-order valence-electron chi connectivity index (χ4n) is 1.35. The molecule has 1 aromatic rings. The van der Waals surface area contributed by atoms with Crippen LogP contribution in [0.1, 0.15) is 11.3 Å². The minimum atomic E-state index is 0.251. The van der Waals surface area contributed by atoms with Crippen LogP contribution in [0.2, 0.25) is 0 Å². The summed E-state index contributed by atoms with van der Waals surface area (Å²) in [6, 6.07) is 7.29. The molecule has 4 heteroatoms. The Bertz CT molecular complexity index is 313. The third-order valence-corrected chi connectivity index (χ3v) is 3.50. The number of nitrogens with zero attached hydrogens (tertiary/aromatic N) is 1. The van der Waals surface area contributed by atoms with Gasteiger partial charge in [-0.05, 0) is 17.7 Å². The van der Waals surface area contributed by atoms with Crippen molar-refractivity contribution in [2.75, 3.05) is 12.8 Å². The molecule has 0 aliphatic carbocycles. The maximum absolute atomic E-state index is 9.20. The standard InChI is InChI=1S/C11H17NOP2/c1-2-7-12(8-14)11(15)9-3-5-10(13)6-4-9/h2-6,11,13H,1,7-8,14-15H2. The molecule has 0 fully saturated rings. The highest BCUT2D eigenvalue weighted by Crippen LogP contribution is 2.28. The van der Waals surface area contributed by atoms with E-state index in [1.807, 2.05) is 18.2 Å². The van der Waals surface area contributed by atoms with Crippen molar-refractivity contribution in [1.82, 2.24) is 4.90 Å². The van der Waals surface area contributed by atoms with Gasteiger partial charge >= 0.3 is 0 Å². The van der Waals surface area contributed by atoms with Crippen LogP contribution in [0, 0.1) is 0 Å². The highest BCUT2D eigenvalue weighted by Gasteiger charge is 2.12. The zero-order chi connectivity index (χ0) is 11.3. The fourth-order valence-corrected chi connectivity index (χ4v) is 2.44. The molecule has 0 aliphatic heterocycles. The predicted octanol–water partition coefficient (Wildman–Crippen LogP) is 2.59. The van der Waals surface area contributed by atoms with Crippen LogP contribution in [0.5, 0.6) is 5.75 Å². The van der Waals surface area contributed by atoms with Gasteiger partial charge in [0.15, 0.2) is 0 Å². The summed E-state index contributed by atoms with van der Waals surface area (Å²) < 4.78 is 0. The van der Waals surface area contributed by atoms with Crippen LogP contribution in [0.4, 0.5) is 0 Å². The molecular formula is C11H17NOP2. The molecule has 0 saturated heterocycles. The van der Waals surface area contributed by atoms with Gasteiger partial charge in [-0.25, -0.2) is 0 Å². The molecule has 3 unspecified atom stereocenters. The average molecular weight is 241 g/mol. The zero-order valence-corrected chi connectivity index (χ0v) is 10.9. The van der Waals surface area contributed by atoms with Gasteiger partial charge in [-0.1, -0.05) is 18.2 Å². The third-order valence-electron chi connectivity index (χ3n) is 2.23. The van der Waals surface area contributed by atoms with Gasteiger partial charge < -0.3 is 5.11 Å². The largest absolute Gasteiger partial charge is 0.508 e. The molecule has 0 heterocycles. The van der Waals surface area contributed by atoms with Crippen molar-refractivity contribution in [3.05, 3.63) is 42.5 Å². The summed E-state index contributed by atoms with van der Waals surface area (Å²) >= 11 is 0. The van der Waals surface area contributed by atoms with Gasteiger partial charge in [-0.15, -0.1) is 25.1 Å². The minimum Gasteiger partial charge on any atom is -0.508 e. The summed E-state index contributed by atoms with van der Waals surface area (Å²) in [5, 5.41) is 9.20. The molecule has 82 valence electrons. The van der Waals surface area contributed by atoms with Crippen molar-refractivity contribution in [2.24, 2.45) is 0 Å². The van der Waals surface area contributed by atoms with E-state index in [-0.39, 0.29) is 5.78 Å². The Balaban J connectivity index is 2.77. The van der Waals surface area contributed by atoms with Gasteiger partial charge in [-0.3, -0.25) is 4.90 Å². The highest BCUT2D eigenvalue weighted by atomic mass is 31.0. The van der Waals surface area contributed by atoms with Crippen molar-refractivity contribution in [3.8, 4) is 5.75 Å². The number of benzene rings is 1. The minimum absolute atomic E-state index is 0.251. The third kappa shape index (κ3) is 3.57. The summed E-state index contributed by atoms with van der Waals surface area (Å²) in [6.45, 7) is 4.58. The number of hydrogen-bond donors (Lipinski definition) is 1. The van der Waals surface area contributed by atoms with E-state index in [4.69, 9.17) is 0 Å². The van der Waals surface area contributed by atoms with Crippen LogP contribution >= 0.6 is 18.5 Å². The van der Waals surface area contributed by atoms with Crippen molar-refractivity contribution >= 4 is 18.5 Å². The fraction of sp³-hybridized carbons (Fsp3) is 0.273. The molecule has 0 aliphatic rings. The van der Waals surface area contributed by atoms with E-state index in [0.717, 1.165) is 12.8 Å². The molecule has 2 nitrogen and oxygen atoms in total. The topological polar surface area (TPSA) is 23.5 Å². The average Bonchev–Trinajstić information content (AvgIpc) is 2.26. The first-order valence-corrected chi connectivity index (χ1v) is 6.27. The molecule has 1 aromatic carbocycles. The second-order valence-electron chi connectivity index (χ2n) is 3.28. The Morgan fingerprint density at radius 3 is 2.47 bits per heavy atom. The smallest absolute Gasteiger partial charge is 0.115 e. The van der Waals surface area contributed by atoms with Gasteiger partial charge in [0.2, 0.25) is 0 Å². The monoisotopic (exact) mass is 241 g/mol. The van der Waals surface area contributed by atoms with Crippen LogP contribution in [-0.4, -0.2) is 22.8 Å². The Kier molecular flexibility index (Phi) is 5.25. The summed E-state index contributed by atoms with van der Waals surface area (Å²) in [5.74, 6) is 0.554. The molecule has 0 radical (unpaired) electrons. The molecule has 0 bridgehead atoms. The van der Waals surface area contributed by atoms with Crippen molar-refractivity contribution in [3.63, 3.8) is 0 Å². The maximum atomic E-state index is 9.20. The van der Waals surface area contributed by atoms with Crippen molar-refractivity contribution in [1.29, 1.82) is 0 Å². The molecular weight excluding hydrogens is 224 g/mol. The summed E-state index contributed by atoms with van der Waals surface area (Å²) in [5.41, 5.74) is 1.17. The first-order chi connectivity index (χ1) is 7.19. The first-order valence-electron chi connectivity index (χ1n) is 4.78. The van der Waals surface area contributed by atoms with E-state index in [9.17, 15) is 5.11 Å². The van der Waals surface area contributed by atoms with E-state index in [2.05, 4.69) is 30.0 Å². The van der Waals surface area contributed by atoms with Crippen LogP contribution < -0.4 is 0 Å². The van der Waals surface area contributed by atoms with E-state index in [1.165, 1.54) is 5.56 Å². The highest BCUT2D eigenvalue weighted by molar-refractivity contribution is 7.18. The Morgan fingerprint density at radius 2 is 2.00 bits per heavy atom. The van der Waals surface area contributed by atoms with Gasteiger partial charge in [0.05, 0.1) is 0 Å². The molecule has 1 N–H and O–H groups in total. The second kappa shape index (κ2) is 6.23. The summed E-state index contributed by atoms with van der Waals surface area (Å²) in [7, 11) is 5.52. The SMILES string of the molecule is C=CCN(CP)C(P)c1ccc(O)cc1. The maximum Gasteiger partial charge on any atom is 0.115 e. The van der Waals surface area contributed by atoms with Crippen LogP contribution in [0.3, 0.4) is 0 Å². The number of phenols is 1. The zero-order valence-electron chi connectivity index (χ0n) is 8.63. The van der Waals surface area contributed by atoms with Crippen molar-refractivity contribution in [2.45, 2.75) is 5.78 Å². The van der Waals surface area contributed by atoms with Crippen LogP contribution in [0.25, 0.3) is 0 Å². The van der Waals surface area contributed by atoms with Gasteiger partial charge in [0.1, 0.15) is 5.75 Å². The molecule has 0 aromatic heterocycles. The van der Waals surface area contributed by atoms with E-state index in [1.54, 1.807) is 12.1 Å². The summed E-state index contributed by atoms with van der Waals surface area (Å²) in [4.78, 5) is 2.24. The number of hydrogen-bond acceptors (Lipinski definition) is 2. The Hall–Kier alpha value is -0.420. The molecule has 1 rings (SSSR count). The predicted molar refractivity (Wildman–Crippen MR) is 72.0 cm³/mol.